The molecule has 3 heterocycles. The molecule has 1 amide bonds. The zero-order valence-electron chi connectivity index (χ0n) is 12.9. The molecule has 4 aliphatic rings. The topological polar surface area (TPSA) is 59.9 Å². The number of fused-ring (bicyclic) bond motifs is 3. The molecule has 4 atom stereocenters. The lowest BCUT2D eigenvalue weighted by Gasteiger charge is -2.32. The Morgan fingerprint density at radius 1 is 1.35 bits per heavy atom. The number of nitrogens with zero attached hydrogens (tertiary/aromatic N) is 1. The average molecular weight is 310 g/mol. The summed E-state index contributed by atoms with van der Waals surface area (Å²) >= 11 is 0. The predicted molar refractivity (Wildman–Crippen MR) is 84.7 cm³/mol. The van der Waals surface area contributed by atoms with E-state index in [1.807, 2.05) is 18.3 Å². The van der Waals surface area contributed by atoms with Crippen molar-refractivity contribution in [2.45, 2.75) is 44.3 Å². The quantitative estimate of drug-likeness (QED) is 0.913. The Kier molecular flexibility index (Phi) is 2.63. The summed E-state index contributed by atoms with van der Waals surface area (Å²) in [5, 5.41) is 2.85. The number of hydrogen-bond acceptors (Lipinski definition) is 4. The Morgan fingerprint density at radius 3 is 3.17 bits per heavy atom. The highest BCUT2D eigenvalue weighted by Gasteiger charge is 2.48. The van der Waals surface area contributed by atoms with E-state index in [4.69, 9.17) is 9.47 Å². The molecule has 118 valence electrons. The smallest absolute Gasteiger partial charge is 0.225 e. The standard InChI is InChI=1S/C18H18N2O3/c1-9-8-19-18-11(3-5-16(21)20-18)17(9)22-10-2-4-14-12(6-10)13-7-15(13)23-14/h2,4,6,8-9,13,15,17H,3,5,7H2,1H3,(H,20,21)/t9?,13-,15-,17?/m1/s1. The first kappa shape index (κ1) is 13.2. The molecule has 2 unspecified atom stereocenters. The third kappa shape index (κ3) is 2.06. The van der Waals surface area contributed by atoms with Gasteiger partial charge in [0, 0.05) is 35.6 Å². The minimum Gasteiger partial charge on any atom is -0.489 e. The molecule has 5 nitrogen and oxygen atoms in total. The molecule has 1 N–H and O–H groups in total. The van der Waals surface area contributed by atoms with Gasteiger partial charge in [-0.25, -0.2) is 4.99 Å². The van der Waals surface area contributed by atoms with Crippen LogP contribution in [-0.4, -0.2) is 24.3 Å². The summed E-state index contributed by atoms with van der Waals surface area (Å²) in [5.41, 5.74) is 2.37. The average Bonchev–Trinajstić information content (AvgIpc) is 3.23. The second-order valence-corrected chi connectivity index (χ2v) is 6.80. The Bertz CT molecular complexity index is 768. The third-order valence-corrected chi connectivity index (χ3v) is 5.10. The van der Waals surface area contributed by atoms with Gasteiger partial charge in [-0.15, -0.1) is 0 Å². The van der Waals surface area contributed by atoms with Gasteiger partial charge in [-0.1, -0.05) is 6.92 Å². The van der Waals surface area contributed by atoms with Crippen molar-refractivity contribution >= 4 is 12.1 Å². The Labute approximate surface area is 134 Å². The number of ether oxygens (including phenoxy) is 2. The first-order valence-corrected chi connectivity index (χ1v) is 8.23. The highest BCUT2D eigenvalue weighted by Crippen LogP contribution is 2.54. The summed E-state index contributed by atoms with van der Waals surface area (Å²) in [5.74, 6) is 3.32. The fraction of sp³-hybridized carbons (Fsp3) is 0.444. The molecule has 1 aromatic rings. The van der Waals surface area contributed by atoms with Crippen LogP contribution in [0.15, 0.2) is 34.6 Å². The van der Waals surface area contributed by atoms with E-state index in [0.717, 1.165) is 23.5 Å². The minimum atomic E-state index is -0.0709. The van der Waals surface area contributed by atoms with Gasteiger partial charge in [0.1, 0.15) is 29.5 Å². The molecule has 0 aromatic heterocycles. The first-order valence-electron chi connectivity index (χ1n) is 8.23. The molecular formula is C18H18N2O3. The van der Waals surface area contributed by atoms with Gasteiger partial charge in [-0.3, -0.25) is 4.79 Å². The molecule has 5 heteroatoms. The molecule has 0 bridgehead atoms. The van der Waals surface area contributed by atoms with E-state index in [0.29, 0.717) is 30.7 Å². The molecule has 3 aliphatic heterocycles. The zero-order valence-corrected chi connectivity index (χ0v) is 12.9. The van der Waals surface area contributed by atoms with Crippen molar-refractivity contribution in [3.8, 4) is 11.5 Å². The lowest BCUT2D eigenvalue weighted by molar-refractivity contribution is -0.120. The second-order valence-electron chi connectivity index (χ2n) is 6.80. The van der Waals surface area contributed by atoms with E-state index in [1.54, 1.807) is 0 Å². The van der Waals surface area contributed by atoms with Gasteiger partial charge in [0.2, 0.25) is 5.91 Å². The van der Waals surface area contributed by atoms with Gasteiger partial charge >= 0.3 is 0 Å². The second kappa shape index (κ2) is 4.60. The van der Waals surface area contributed by atoms with E-state index in [9.17, 15) is 4.79 Å². The van der Waals surface area contributed by atoms with Crippen molar-refractivity contribution in [1.29, 1.82) is 0 Å². The summed E-state index contributed by atoms with van der Waals surface area (Å²) in [7, 11) is 0. The number of carbonyl (C=O) groups is 1. The molecule has 0 spiro atoms. The van der Waals surface area contributed by atoms with Gasteiger partial charge in [0.25, 0.3) is 0 Å². The highest BCUT2D eigenvalue weighted by atomic mass is 16.5. The van der Waals surface area contributed by atoms with E-state index in [-0.39, 0.29) is 17.9 Å². The van der Waals surface area contributed by atoms with Crippen LogP contribution in [0.5, 0.6) is 11.5 Å². The van der Waals surface area contributed by atoms with Gasteiger partial charge in [0.05, 0.1) is 0 Å². The zero-order chi connectivity index (χ0) is 15.6. The minimum absolute atomic E-state index is 0.0312. The number of carbonyl (C=O) groups excluding carboxylic acids is 1. The van der Waals surface area contributed by atoms with Crippen LogP contribution in [0.25, 0.3) is 0 Å². The number of hydrogen-bond donors (Lipinski definition) is 1. The number of rotatable bonds is 2. The van der Waals surface area contributed by atoms with Crippen LogP contribution >= 0.6 is 0 Å². The molecular weight excluding hydrogens is 292 g/mol. The summed E-state index contributed by atoms with van der Waals surface area (Å²) < 4.78 is 12.1. The van der Waals surface area contributed by atoms with E-state index < -0.39 is 0 Å². The maximum atomic E-state index is 11.6. The van der Waals surface area contributed by atoms with E-state index >= 15 is 0 Å². The molecule has 1 aromatic carbocycles. The molecule has 0 saturated heterocycles. The van der Waals surface area contributed by atoms with Crippen LogP contribution in [0.1, 0.15) is 37.7 Å². The molecule has 5 rings (SSSR count). The van der Waals surface area contributed by atoms with Crippen LogP contribution < -0.4 is 14.8 Å². The Morgan fingerprint density at radius 2 is 2.26 bits per heavy atom. The molecule has 0 radical (unpaired) electrons. The fourth-order valence-corrected chi connectivity index (χ4v) is 3.74. The van der Waals surface area contributed by atoms with Crippen molar-refractivity contribution in [2.75, 3.05) is 0 Å². The van der Waals surface area contributed by atoms with Crippen LogP contribution in [0, 0.1) is 5.92 Å². The van der Waals surface area contributed by atoms with Crippen LogP contribution in [0.3, 0.4) is 0 Å². The maximum absolute atomic E-state index is 11.6. The van der Waals surface area contributed by atoms with Crippen LogP contribution in [-0.2, 0) is 4.79 Å². The Balaban J connectivity index is 1.44. The summed E-state index contributed by atoms with van der Waals surface area (Å²) in [4.78, 5) is 15.9. The van der Waals surface area contributed by atoms with E-state index in [2.05, 4.69) is 23.3 Å². The number of amides is 1. The SMILES string of the molecule is CC1C=NC2=C(CCC(=O)N2)C1Oc1ccc2c(c1)[C@H]1C[C@H]1O2. The largest absolute Gasteiger partial charge is 0.489 e. The fourth-order valence-electron chi connectivity index (χ4n) is 3.74. The van der Waals surface area contributed by atoms with Crippen molar-refractivity contribution in [3.05, 3.63) is 35.2 Å². The normalized spacial score (nSPS) is 33.3. The van der Waals surface area contributed by atoms with Crippen molar-refractivity contribution < 1.29 is 14.3 Å². The Hall–Kier alpha value is -2.30. The number of benzene rings is 1. The maximum Gasteiger partial charge on any atom is 0.225 e. The van der Waals surface area contributed by atoms with Crippen molar-refractivity contribution in [3.63, 3.8) is 0 Å². The summed E-state index contributed by atoms with van der Waals surface area (Å²) in [6.07, 6.45) is 4.53. The first-order chi connectivity index (χ1) is 11.2. The van der Waals surface area contributed by atoms with Gasteiger partial charge < -0.3 is 14.8 Å². The summed E-state index contributed by atoms with van der Waals surface area (Å²) in [6.45, 7) is 2.10. The lowest BCUT2D eigenvalue weighted by atomic mass is 9.90. The predicted octanol–water partition coefficient (Wildman–Crippen LogP) is 2.52. The van der Waals surface area contributed by atoms with Crippen LogP contribution in [0.4, 0.5) is 0 Å². The van der Waals surface area contributed by atoms with Gasteiger partial charge in [-0.05, 0) is 31.0 Å². The molecule has 1 saturated carbocycles. The summed E-state index contributed by atoms with van der Waals surface area (Å²) in [6, 6.07) is 6.10. The highest BCUT2D eigenvalue weighted by molar-refractivity contribution is 5.81. The lowest BCUT2D eigenvalue weighted by Crippen LogP contribution is -2.39. The third-order valence-electron chi connectivity index (χ3n) is 5.10. The van der Waals surface area contributed by atoms with E-state index in [1.165, 1.54) is 5.56 Å². The molecule has 1 aliphatic carbocycles. The van der Waals surface area contributed by atoms with Crippen molar-refractivity contribution in [1.82, 2.24) is 5.32 Å². The molecule has 1 fully saturated rings. The van der Waals surface area contributed by atoms with Crippen molar-refractivity contribution in [2.24, 2.45) is 10.9 Å². The van der Waals surface area contributed by atoms with Gasteiger partial charge in [-0.2, -0.15) is 0 Å². The number of nitrogens with one attached hydrogen (secondary N) is 1. The van der Waals surface area contributed by atoms with Crippen LogP contribution in [0.2, 0.25) is 0 Å². The molecule has 23 heavy (non-hydrogen) atoms. The number of aliphatic imine (C=N–C) groups is 1. The van der Waals surface area contributed by atoms with Gasteiger partial charge in [0.15, 0.2) is 0 Å². The monoisotopic (exact) mass is 310 g/mol.